The topological polar surface area (TPSA) is 76.7 Å². The highest BCUT2D eigenvalue weighted by Gasteiger charge is 2.37. The summed E-state index contributed by atoms with van der Waals surface area (Å²) in [6.45, 7) is 7.77. The Hall–Kier alpha value is -1.96. The number of hydrazine groups is 1. The van der Waals surface area contributed by atoms with Crippen LogP contribution in [0.15, 0.2) is 30.3 Å². The summed E-state index contributed by atoms with van der Waals surface area (Å²) in [5.41, 5.74) is 7.49. The summed E-state index contributed by atoms with van der Waals surface area (Å²) in [5.74, 6) is 0.129. The average molecular weight is 359 g/mol. The number of carbonyl (C=O) groups is 2. The van der Waals surface area contributed by atoms with E-state index in [2.05, 4.69) is 33.2 Å². The number of hydrogen-bond donors (Lipinski definition) is 3. The second-order valence-corrected chi connectivity index (χ2v) is 7.34. The number of nitrogens with zero attached hydrogens (tertiary/aromatic N) is 2. The lowest BCUT2D eigenvalue weighted by atomic mass is 9.93. The highest BCUT2D eigenvalue weighted by Crippen LogP contribution is 2.26. The van der Waals surface area contributed by atoms with Crippen LogP contribution in [0.4, 0.5) is 0 Å². The van der Waals surface area contributed by atoms with Crippen LogP contribution in [0, 0.1) is 5.92 Å². The van der Waals surface area contributed by atoms with Gasteiger partial charge >= 0.3 is 0 Å². The molecule has 7 heteroatoms. The molecule has 2 unspecified atom stereocenters. The summed E-state index contributed by atoms with van der Waals surface area (Å²) in [5, 5.41) is 2.92. The molecule has 7 nitrogen and oxygen atoms in total. The molecular weight excluding hydrogens is 330 g/mol. The zero-order valence-electron chi connectivity index (χ0n) is 15.6. The second kappa shape index (κ2) is 8.62. The Labute approximate surface area is 155 Å². The third-order valence-electron chi connectivity index (χ3n) is 4.96. The molecule has 2 aliphatic heterocycles. The molecule has 26 heavy (non-hydrogen) atoms. The molecule has 0 bridgehead atoms. The first-order valence-corrected chi connectivity index (χ1v) is 9.38. The normalized spacial score (nSPS) is 24.0. The molecule has 0 aromatic heterocycles. The van der Waals surface area contributed by atoms with E-state index in [1.54, 1.807) is 0 Å². The van der Waals surface area contributed by atoms with Crippen molar-refractivity contribution >= 4 is 11.8 Å². The van der Waals surface area contributed by atoms with Gasteiger partial charge in [0.05, 0.1) is 18.5 Å². The van der Waals surface area contributed by atoms with Gasteiger partial charge in [-0.2, -0.15) is 0 Å². The Morgan fingerprint density at radius 3 is 2.50 bits per heavy atom. The van der Waals surface area contributed by atoms with Crippen LogP contribution in [-0.4, -0.2) is 66.9 Å². The first kappa shape index (κ1) is 18.8. The van der Waals surface area contributed by atoms with Crippen molar-refractivity contribution in [1.82, 2.24) is 26.0 Å². The van der Waals surface area contributed by atoms with E-state index in [0.29, 0.717) is 26.2 Å². The van der Waals surface area contributed by atoms with Crippen molar-refractivity contribution in [2.24, 2.45) is 5.92 Å². The molecule has 3 N–H and O–H groups in total. The van der Waals surface area contributed by atoms with E-state index < -0.39 is 0 Å². The Bertz CT molecular complexity index is 614. The van der Waals surface area contributed by atoms with Crippen LogP contribution in [0.5, 0.6) is 0 Å². The summed E-state index contributed by atoms with van der Waals surface area (Å²) in [6, 6.07) is 10.2. The summed E-state index contributed by atoms with van der Waals surface area (Å²) < 4.78 is 0. The number of rotatable bonds is 5. The van der Waals surface area contributed by atoms with Gasteiger partial charge in [0.2, 0.25) is 11.8 Å². The Kier molecular flexibility index (Phi) is 6.24. The zero-order valence-corrected chi connectivity index (χ0v) is 15.6. The zero-order chi connectivity index (χ0) is 18.5. The molecule has 0 radical (unpaired) electrons. The summed E-state index contributed by atoms with van der Waals surface area (Å²) in [6.07, 6.45) is 0. The first-order valence-electron chi connectivity index (χ1n) is 9.38. The van der Waals surface area contributed by atoms with Gasteiger partial charge in [0.25, 0.3) is 0 Å². The van der Waals surface area contributed by atoms with Crippen molar-refractivity contribution in [3.8, 4) is 0 Å². The molecule has 2 aliphatic rings. The lowest BCUT2D eigenvalue weighted by Crippen LogP contribution is -2.53. The minimum absolute atomic E-state index is 0.00134. The Morgan fingerprint density at radius 2 is 1.85 bits per heavy atom. The maximum Gasteiger partial charge on any atom is 0.234 e. The highest BCUT2D eigenvalue weighted by atomic mass is 16.2. The fraction of sp³-hybridized carbons (Fsp3) is 0.579. The van der Waals surface area contributed by atoms with Crippen LogP contribution in [0.1, 0.15) is 25.5 Å². The maximum absolute atomic E-state index is 13.0. The van der Waals surface area contributed by atoms with Gasteiger partial charge in [0.15, 0.2) is 0 Å². The van der Waals surface area contributed by atoms with E-state index in [-0.39, 0.29) is 29.8 Å². The van der Waals surface area contributed by atoms with Gasteiger partial charge in [-0.3, -0.25) is 19.9 Å². The van der Waals surface area contributed by atoms with Gasteiger partial charge in [0, 0.05) is 38.8 Å². The molecule has 1 aromatic rings. The second-order valence-electron chi connectivity index (χ2n) is 7.34. The van der Waals surface area contributed by atoms with Crippen LogP contribution < -0.4 is 16.2 Å². The number of hydrogen-bond acceptors (Lipinski definition) is 5. The number of benzene rings is 1. The van der Waals surface area contributed by atoms with Gasteiger partial charge in [0.1, 0.15) is 0 Å². The number of piperazine rings is 1. The van der Waals surface area contributed by atoms with Crippen LogP contribution in [0.2, 0.25) is 0 Å². The largest absolute Gasteiger partial charge is 0.353 e. The van der Waals surface area contributed by atoms with E-state index in [0.717, 1.165) is 18.7 Å². The van der Waals surface area contributed by atoms with Crippen molar-refractivity contribution in [3.63, 3.8) is 0 Å². The number of carbonyl (C=O) groups excluding carboxylic acids is 2. The Morgan fingerprint density at radius 1 is 1.15 bits per heavy atom. The molecule has 2 amide bonds. The first-order chi connectivity index (χ1) is 12.5. The van der Waals surface area contributed by atoms with E-state index in [4.69, 9.17) is 0 Å². The van der Waals surface area contributed by atoms with E-state index in [9.17, 15) is 9.59 Å². The molecule has 1 aromatic carbocycles. The smallest absolute Gasteiger partial charge is 0.234 e. The molecule has 3 rings (SSSR count). The molecule has 142 valence electrons. The van der Waals surface area contributed by atoms with Crippen molar-refractivity contribution < 1.29 is 9.59 Å². The highest BCUT2D eigenvalue weighted by molar-refractivity contribution is 5.81. The molecule has 2 atom stereocenters. The molecule has 2 saturated heterocycles. The number of nitrogens with one attached hydrogen (secondary N) is 3. The van der Waals surface area contributed by atoms with E-state index >= 15 is 0 Å². The van der Waals surface area contributed by atoms with Crippen LogP contribution in [-0.2, 0) is 9.59 Å². The van der Waals surface area contributed by atoms with Gasteiger partial charge in [-0.15, -0.1) is 0 Å². The Balaban J connectivity index is 1.52. The van der Waals surface area contributed by atoms with Gasteiger partial charge in [-0.1, -0.05) is 30.3 Å². The van der Waals surface area contributed by atoms with Crippen molar-refractivity contribution in [2.75, 3.05) is 39.3 Å². The van der Waals surface area contributed by atoms with Crippen LogP contribution >= 0.6 is 0 Å². The minimum atomic E-state index is -0.104. The average Bonchev–Trinajstić information content (AvgIpc) is 3.11. The van der Waals surface area contributed by atoms with Crippen LogP contribution in [0.25, 0.3) is 0 Å². The summed E-state index contributed by atoms with van der Waals surface area (Å²) >= 11 is 0. The quantitative estimate of drug-likeness (QED) is 0.696. The lowest BCUT2D eigenvalue weighted by Gasteiger charge is -2.36. The predicted molar refractivity (Wildman–Crippen MR) is 100 cm³/mol. The third-order valence-corrected chi connectivity index (χ3v) is 4.96. The van der Waals surface area contributed by atoms with Gasteiger partial charge < -0.3 is 10.2 Å². The third kappa shape index (κ3) is 4.60. The lowest BCUT2D eigenvalue weighted by molar-refractivity contribution is -0.137. The van der Waals surface area contributed by atoms with Gasteiger partial charge in [-0.25, -0.2) is 5.43 Å². The molecule has 0 aliphatic carbocycles. The van der Waals surface area contributed by atoms with Crippen molar-refractivity contribution in [1.29, 1.82) is 0 Å². The van der Waals surface area contributed by atoms with E-state index in [1.807, 2.05) is 36.9 Å². The van der Waals surface area contributed by atoms with Crippen molar-refractivity contribution in [2.45, 2.75) is 25.9 Å². The van der Waals surface area contributed by atoms with Crippen LogP contribution in [0.3, 0.4) is 0 Å². The SMILES string of the molecule is CC(C)NC(=O)CN1CCN(C(=O)C2CNNC2c2ccccc2)CC1. The predicted octanol–water partition coefficient (Wildman–Crippen LogP) is 0.121. The van der Waals surface area contributed by atoms with Crippen molar-refractivity contribution in [3.05, 3.63) is 35.9 Å². The minimum Gasteiger partial charge on any atom is -0.353 e. The summed E-state index contributed by atoms with van der Waals surface area (Å²) in [4.78, 5) is 29.0. The number of amides is 2. The molecule has 0 saturated carbocycles. The fourth-order valence-corrected chi connectivity index (χ4v) is 3.63. The molecule has 0 spiro atoms. The maximum atomic E-state index is 13.0. The molecular formula is C19H29N5O2. The molecule has 2 heterocycles. The fourth-order valence-electron chi connectivity index (χ4n) is 3.63. The summed E-state index contributed by atoms with van der Waals surface area (Å²) in [7, 11) is 0. The monoisotopic (exact) mass is 359 g/mol. The molecule has 2 fully saturated rings. The standard InChI is InChI=1S/C19H29N5O2/c1-14(2)21-17(25)13-23-8-10-24(11-9-23)19(26)16-12-20-22-18(16)15-6-4-3-5-7-15/h3-7,14,16,18,20,22H,8-13H2,1-2H3,(H,21,25). The van der Waals surface area contributed by atoms with Gasteiger partial charge in [-0.05, 0) is 19.4 Å². The van der Waals surface area contributed by atoms with E-state index in [1.165, 1.54) is 0 Å².